The number of hydrogen-bond donors (Lipinski definition) is 1. The van der Waals surface area contributed by atoms with E-state index >= 15 is 0 Å². The van der Waals surface area contributed by atoms with Crippen LogP contribution >= 0.6 is 0 Å². The van der Waals surface area contributed by atoms with Crippen molar-refractivity contribution in [2.24, 2.45) is 5.73 Å². The first kappa shape index (κ1) is 7.79. The van der Waals surface area contributed by atoms with Crippen LogP contribution in [0.1, 0.15) is 11.1 Å². The van der Waals surface area contributed by atoms with Crippen LogP contribution in [0.15, 0.2) is 24.7 Å². The van der Waals surface area contributed by atoms with E-state index in [1.807, 2.05) is 12.1 Å². The number of nitrogens with two attached hydrogens (primary N) is 1. The van der Waals surface area contributed by atoms with Crippen molar-refractivity contribution in [3.8, 4) is 0 Å². The van der Waals surface area contributed by atoms with Gasteiger partial charge in [0.15, 0.2) is 0 Å². The number of amides is 2. The first-order chi connectivity index (χ1) is 6.27. The molecule has 0 bridgehead atoms. The highest BCUT2D eigenvalue weighted by Gasteiger charge is 2.13. The molecule has 2 heterocycles. The minimum absolute atomic E-state index is 0.432. The lowest BCUT2D eigenvalue weighted by Crippen LogP contribution is -2.32. The highest BCUT2D eigenvalue weighted by molar-refractivity contribution is 5.75. The molecule has 2 amide bonds. The van der Waals surface area contributed by atoms with E-state index in [1.165, 1.54) is 4.90 Å². The van der Waals surface area contributed by atoms with Crippen LogP contribution in [0.2, 0.25) is 0 Å². The van der Waals surface area contributed by atoms with Gasteiger partial charge < -0.3 is 5.73 Å². The molecule has 0 radical (unpaired) electrons. The van der Waals surface area contributed by atoms with Crippen molar-refractivity contribution < 1.29 is 4.79 Å². The third-order valence-electron chi connectivity index (χ3n) is 2.00. The number of aromatic nitrogens is 1. The number of primary amides is 1. The number of pyridine rings is 1. The molecule has 1 aliphatic heterocycles. The molecular weight excluding hydrogens is 166 g/mol. The molecule has 4 nitrogen and oxygen atoms in total. The van der Waals surface area contributed by atoms with Crippen LogP contribution in [0, 0.1) is 0 Å². The van der Waals surface area contributed by atoms with E-state index in [0.29, 0.717) is 6.54 Å². The average Bonchev–Trinajstić information content (AvgIpc) is 2.17. The van der Waals surface area contributed by atoms with Crippen LogP contribution in [0.3, 0.4) is 0 Å². The monoisotopic (exact) mass is 175 g/mol. The number of urea groups is 1. The lowest BCUT2D eigenvalue weighted by Gasteiger charge is -2.20. The number of carbonyl (C=O) groups excluding carboxylic acids is 1. The summed E-state index contributed by atoms with van der Waals surface area (Å²) < 4.78 is 0. The predicted molar refractivity (Wildman–Crippen MR) is 48.4 cm³/mol. The smallest absolute Gasteiger partial charge is 0.319 e. The lowest BCUT2D eigenvalue weighted by molar-refractivity contribution is 0.223. The van der Waals surface area contributed by atoms with Crippen LogP contribution in [0.25, 0.3) is 6.08 Å². The fourth-order valence-corrected chi connectivity index (χ4v) is 1.29. The first-order valence-electron chi connectivity index (χ1n) is 3.94. The normalized spacial score (nSPS) is 14.0. The molecule has 1 aromatic heterocycles. The van der Waals surface area contributed by atoms with Crippen molar-refractivity contribution in [3.05, 3.63) is 35.8 Å². The summed E-state index contributed by atoms with van der Waals surface area (Å²) in [5, 5.41) is 0. The van der Waals surface area contributed by atoms with Crippen molar-refractivity contribution in [3.63, 3.8) is 0 Å². The number of carbonyl (C=O) groups is 1. The Hall–Kier alpha value is -1.84. The molecule has 2 rings (SSSR count). The van der Waals surface area contributed by atoms with E-state index in [9.17, 15) is 4.79 Å². The van der Waals surface area contributed by atoms with Crippen molar-refractivity contribution in [2.75, 3.05) is 0 Å². The predicted octanol–water partition coefficient (Wildman–Crippen LogP) is 0.947. The number of nitrogens with zero attached hydrogens (tertiary/aromatic N) is 2. The molecule has 0 aliphatic carbocycles. The minimum Gasteiger partial charge on any atom is -0.351 e. The molecule has 1 aliphatic rings. The summed E-state index contributed by atoms with van der Waals surface area (Å²) in [5.74, 6) is 0. The van der Waals surface area contributed by atoms with Crippen molar-refractivity contribution in [1.82, 2.24) is 9.88 Å². The van der Waals surface area contributed by atoms with Gasteiger partial charge in [-0.25, -0.2) is 4.79 Å². The molecule has 13 heavy (non-hydrogen) atoms. The topological polar surface area (TPSA) is 59.2 Å². The second-order valence-electron chi connectivity index (χ2n) is 2.86. The second-order valence-corrected chi connectivity index (χ2v) is 2.86. The van der Waals surface area contributed by atoms with E-state index in [0.717, 1.165) is 11.1 Å². The third-order valence-corrected chi connectivity index (χ3v) is 2.00. The van der Waals surface area contributed by atoms with Crippen molar-refractivity contribution in [2.45, 2.75) is 6.54 Å². The highest BCUT2D eigenvalue weighted by Crippen LogP contribution is 2.17. The van der Waals surface area contributed by atoms with Crippen LogP contribution in [-0.2, 0) is 6.54 Å². The highest BCUT2D eigenvalue weighted by atomic mass is 16.2. The Labute approximate surface area is 75.7 Å². The summed E-state index contributed by atoms with van der Waals surface area (Å²) in [6.07, 6.45) is 6.98. The van der Waals surface area contributed by atoms with Gasteiger partial charge in [-0.15, -0.1) is 0 Å². The molecule has 0 atom stereocenters. The quantitative estimate of drug-likeness (QED) is 0.638. The number of rotatable bonds is 0. The van der Waals surface area contributed by atoms with Gasteiger partial charge in [0.05, 0.1) is 6.54 Å². The molecule has 4 heteroatoms. The average molecular weight is 175 g/mol. The Morgan fingerprint density at radius 3 is 3.23 bits per heavy atom. The Morgan fingerprint density at radius 1 is 1.62 bits per heavy atom. The maximum atomic E-state index is 10.8. The van der Waals surface area contributed by atoms with E-state index < -0.39 is 6.03 Å². The zero-order valence-corrected chi connectivity index (χ0v) is 6.97. The van der Waals surface area contributed by atoms with Gasteiger partial charge in [0, 0.05) is 18.6 Å². The second kappa shape index (κ2) is 2.90. The van der Waals surface area contributed by atoms with Crippen LogP contribution in [0.4, 0.5) is 4.79 Å². The van der Waals surface area contributed by atoms with Gasteiger partial charge >= 0.3 is 6.03 Å². The molecule has 0 aromatic carbocycles. The molecule has 66 valence electrons. The summed E-state index contributed by atoms with van der Waals surface area (Å²) >= 11 is 0. The summed E-state index contributed by atoms with van der Waals surface area (Å²) in [6, 6.07) is 1.45. The zero-order chi connectivity index (χ0) is 9.26. The fraction of sp³-hybridized carbons (Fsp3) is 0.111. The summed E-state index contributed by atoms with van der Waals surface area (Å²) in [6.45, 7) is 0.531. The minimum atomic E-state index is -0.432. The lowest BCUT2D eigenvalue weighted by atomic mass is 10.1. The Kier molecular flexibility index (Phi) is 1.73. The molecule has 0 unspecified atom stereocenters. The van der Waals surface area contributed by atoms with Gasteiger partial charge in [-0.3, -0.25) is 9.88 Å². The van der Waals surface area contributed by atoms with Gasteiger partial charge in [-0.2, -0.15) is 0 Å². The van der Waals surface area contributed by atoms with Gasteiger partial charge in [0.2, 0.25) is 0 Å². The van der Waals surface area contributed by atoms with E-state index in [4.69, 9.17) is 5.73 Å². The molecule has 0 saturated heterocycles. The Morgan fingerprint density at radius 2 is 2.46 bits per heavy atom. The van der Waals surface area contributed by atoms with Gasteiger partial charge in [-0.1, -0.05) is 0 Å². The van der Waals surface area contributed by atoms with E-state index in [1.54, 1.807) is 18.6 Å². The summed E-state index contributed by atoms with van der Waals surface area (Å²) in [4.78, 5) is 16.3. The maximum Gasteiger partial charge on any atom is 0.319 e. The van der Waals surface area contributed by atoms with Crippen molar-refractivity contribution in [1.29, 1.82) is 0 Å². The Balaban J connectivity index is 2.34. The SMILES string of the molecule is NC(=O)N1C=Cc2cnccc2C1. The van der Waals surface area contributed by atoms with Crippen LogP contribution < -0.4 is 5.73 Å². The molecule has 0 fully saturated rings. The van der Waals surface area contributed by atoms with Crippen LogP contribution in [0.5, 0.6) is 0 Å². The maximum absolute atomic E-state index is 10.8. The Bertz CT molecular complexity index is 373. The van der Waals surface area contributed by atoms with Crippen molar-refractivity contribution >= 4 is 12.1 Å². The largest absolute Gasteiger partial charge is 0.351 e. The van der Waals surface area contributed by atoms with E-state index in [2.05, 4.69) is 4.98 Å². The molecular formula is C9H9N3O. The molecule has 0 spiro atoms. The van der Waals surface area contributed by atoms with E-state index in [-0.39, 0.29) is 0 Å². The summed E-state index contributed by atoms with van der Waals surface area (Å²) in [7, 11) is 0. The number of fused-ring (bicyclic) bond motifs is 1. The summed E-state index contributed by atoms with van der Waals surface area (Å²) in [5.41, 5.74) is 7.25. The first-order valence-corrected chi connectivity index (χ1v) is 3.94. The van der Waals surface area contributed by atoms with Gasteiger partial charge in [-0.05, 0) is 23.3 Å². The van der Waals surface area contributed by atoms with Gasteiger partial charge in [0.1, 0.15) is 0 Å². The standard InChI is InChI=1S/C9H9N3O/c10-9(13)12-4-2-7-5-11-3-1-8(7)6-12/h1-5H,6H2,(H2,10,13). The zero-order valence-electron chi connectivity index (χ0n) is 6.97. The third kappa shape index (κ3) is 1.38. The van der Waals surface area contributed by atoms with Gasteiger partial charge in [0.25, 0.3) is 0 Å². The van der Waals surface area contributed by atoms with Crippen LogP contribution in [-0.4, -0.2) is 15.9 Å². The molecule has 1 aromatic rings. The number of hydrogen-bond acceptors (Lipinski definition) is 2. The molecule has 0 saturated carbocycles. The molecule has 2 N–H and O–H groups in total. The fourth-order valence-electron chi connectivity index (χ4n) is 1.29.